The topological polar surface area (TPSA) is 118 Å². The van der Waals surface area contributed by atoms with Crippen molar-refractivity contribution in [2.75, 3.05) is 25.7 Å². The summed E-state index contributed by atoms with van der Waals surface area (Å²) in [7, 11) is -1.26. The van der Waals surface area contributed by atoms with Crippen molar-refractivity contribution in [2.45, 2.75) is 50.0 Å². The summed E-state index contributed by atoms with van der Waals surface area (Å²) in [6.07, 6.45) is 6.98. The highest BCUT2D eigenvalue weighted by molar-refractivity contribution is 7.90. The molecule has 36 heavy (non-hydrogen) atoms. The van der Waals surface area contributed by atoms with Gasteiger partial charge in [-0.2, -0.15) is 18.1 Å². The van der Waals surface area contributed by atoms with Crippen molar-refractivity contribution in [3.8, 4) is 23.1 Å². The van der Waals surface area contributed by atoms with Crippen LogP contribution in [0.15, 0.2) is 51.0 Å². The van der Waals surface area contributed by atoms with E-state index >= 15 is 0 Å². The average molecular weight is 506 g/mol. The van der Waals surface area contributed by atoms with Gasteiger partial charge in [0, 0.05) is 35.8 Å². The number of rotatable bonds is 6. The van der Waals surface area contributed by atoms with Crippen molar-refractivity contribution in [1.82, 2.24) is 9.97 Å². The van der Waals surface area contributed by atoms with Crippen LogP contribution in [0.5, 0.6) is 5.75 Å². The summed E-state index contributed by atoms with van der Waals surface area (Å²) in [4.78, 5) is 11.9. The van der Waals surface area contributed by atoms with E-state index in [9.17, 15) is 13.7 Å². The van der Waals surface area contributed by atoms with Gasteiger partial charge in [-0.1, -0.05) is 0 Å². The number of sulfonamides is 1. The molecule has 1 aromatic carbocycles. The largest absolute Gasteiger partial charge is 0.499 e. The van der Waals surface area contributed by atoms with E-state index in [0.717, 1.165) is 49.2 Å². The van der Waals surface area contributed by atoms with Gasteiger partial charge in [-0.05, 0) is 63.0 Å². The van der Waals surface area contributed by atoms with Gasteiger partial charge in [-0.25, -0.2) is 9.97 Å². The third-order valence-corrected chi connectivity index (χ3v) is 8.25. The fourth-order valence-corrected chi connectivity index (χ4v) is 5.98. The molecule has 2 heterocycles. The summed E-state index contributed by atoms with van der Waals surface area (Å²) >= 11 is 0. The first kappa shape index (κ1) is 24.0. The molecule has 0 amide bonds. The number of allylic oxidation sites excluding steroid dienone is 4. The van der Waals surface area contributed by atoms with Crippen LogP contribution < -0.4 is 9.64 Å². The fourth-order valence-electron chi connectivity index (χ4n) is 4.76. The van der Waals surface area contributed by atoms with Gasteiger partial charge in [0.2, 0.25) is 5.95 Å². The standard InChI is InChI=1S/C26H27N5O4S/c1-16-11-12-31(16)26-28-21-6-4-5-20(21)25(29-26)17-8-10-22(34-2)24(13-17)36(32,33)30-19-9-7-18(15-27)23(14-19)35-3/h7-10,13,16H,4-6,11-12,14H2,1-3H3/t16-/m0/s1. The molecule has 1 aromatic heterocycles. The van der Waals surface area contributed by atoms with Crippen LogP contribution in [0.3, 0.4) is 0 Å². The smallest absolute Gasteiger partial charge is 0.286 e. The number of nitriles is 1. The van der Waals surface area contributed by atoms with Crippen molar-refractivity contribution >= 4 is 21.7 Å². The first-order valence-corrected chi connectivity index (χ1v) is 13.3. The van der Waals surface area contributed by atoms with Crippen LogP contribution in [-0.2, 0) is 27.6 Å². The van der Waals surface area contributed by atoms with Gasteiger partial charge < -0.3 is 14.4 Å². The fraction of sp³-hybridized carbons (Fsp3) is 0.385. The maximum absolute atomic E-state index is 13.5. The lowest BCUT2D eigenvalue weighted by molar-refractivity contribution is 0.285. The highest BCUT2D eigenvalue weighted by atomic mass is 32.2. The van der Waals surface area contributed by atoms with E-state index in [2.05, 4.69) is 16.2 Å². The molecule has 9 nitrogen and oxygen atoms in total. The van der Waals surface area contributed by atoms with E-state index in [4.69, 9.17) is 19.4 Å². The molecule has 0 saturated carbocycles. The average Bonchev–Trinajstić information content (AvgIpc) is 3.35. The molecule has 5 rings (SSSR count). The lowest BCUT2D eigenvalue weighted by Gasteiger charge is -2.39. The zero-order valence-electron chi connectivity index (χ0n) is 20.5. The summed E-state index contributed by atoms with van der Waals surface area (Å²) in [5.41, 5.74) is 4.18. The predicted octanol–water partition coefficient (Wildman–Crippen LogP) is 3.75. The Morgan fingerprint density at radius 2 is 2.00 bits per heavy atom. The second kappa shape index (κ2) is 9.39. The predicted molar refractivity (Wildman–Crippen MR) is 135 cm³/mol. The molecular weight excluding hydrogens is 478 g/mol. The molecule has 2 aromatic rings. The van der Waals surface area contributed by atoms with Gasteiger partial charge in [0.1, 0.15) is 22.5 Å². The van der Waals surface area contributed by atoms with Crippen molar-refractivity contribution in [3.05, 3.63) is 52.9 Å². The molecule has 3 aliphatic rings. The zero-order chi connectivity index (χ0) is 25.4. The molecule has 1 saturated heterocycles. The van der Waals surface area contributed by atoms with Crippen molar-refractivity contribution in [3.63, 3.8) is 0 Å². The van der Waals surface area contributed by atoms with Gasteiger partial charge in [0.05, 0.1) is 31.2 Å². The summed E-state index contributed by atoms with van der Waals surface area (Å²) in [6, 6.07) is 7.48. The summed E-state index contributed by atoms with van der Waals surface area (Å²) in [5.74, 6) is 1.27. The molecule has 0 radical (unpaired) electrons. The number of ether oxygens (including phenoxy) is 2. The second-order valence-electron chi connectivity index (χ2n) is 9.07. The van der Waals surface area contributed by atoms with E-state index in [1.54, 1.807) is 12.1 Å². The van der Waals surface area contributed by atoms with Crippen LogP contribution in [0, 0.1) is 11.3 Å². The highest BCUT2D eigenvalue weighted by Gasteiger charge is 2.30. The first-order valence-electron chi connectivity index (χ1n) is 11.9. The Hall–Kier alpha value is -3.71. The summed E-state index contributed by atoms with van der Waals surface area (Å²) in [6.45, 7) is 3.07. The minimum atomic E-state index is -4.13. The molecule has 0 N–H and O–H groups in total. The van der Waals surface area contributed by atoms with Crippen LogP contribution in [-0.4, -0.2) is 50.9 Å². The molecular formula is C26H27N5O4S. The minimum absolute atomic E-state index is 0.0401. The molecule has 0 spiro atoms. The third-order valence-electron chi connectivity index (χ3n) is 6.90. The zero-order valence-corrected chi connectivity index (χ0v) is 21.3. The van der Waals surface area contributed by atoms with Crippen molar-refractivity contribution in [1.29, 1.82) is 5.26 Å². The highest BCUT2D eigenvalue weighted by Crippen LogP contribution is 2.37. The maximum Gasteiger partial charge on any atom is 0.286 e. The quantitative estimate of drug-likeness (QED) is 0.582. The Kier molecular flexibility index (Phi) is 6.26. The minimum Gasteiger partial charge on any atom is -0.499 e. The van der Waals surface area contributed by atoms with Crippen molar-refractivity contribution in [2.24, 2.45) is 4.40 Å². The van der Waals surface area contributed by atoms with Crippen LogP contribution in [0.4, 0.5) is 5.95 Å². The summed E-state index contributed by atoms with van der Waals surface area (Å²) < 4.78 is 41.6. The lowest BCUT2D eigenvalue weighted by Crippen LogP contribution is -2.46. The van der Waals surface area contributed by atoms with Crippen molar-refractivity contribution < 1.29 is 17.9 Å². The SMILES string of the molecule is COC1=C(C#N)C=CC(=NS(=O)(=O)c2cc(-c3nc(N4CC[C@@H]4C)nc4c3CCC4)ccc2OC)C1. The van der Waals surface area contributed by atoms with Crippen LogP contribution >= 0.6 is 0 Å². The van der Waals surface area contributed by atoms with E-state index in [0.29, 0.717) is 28.9 Å². The van der Waals surface area contributed by atoms with E-state index in [-0.39, 0.29) is 22.8 Å². The van der Waals surface area contributed by atoms with Gasteiger partial charge >= 0.3 is 0 Å². The van der Waals surface area contributed by atoms with Gasteiger partial charge in [-0.3, -0.25) is 0 Å². The van der Waals surface area contributed by atoms with Crippen LogP contribution in [0.1, 0.15) is 37.4 Å². The number of aromatic nitrogens is 2. The Morgan fingerprint density at radius 3 is 2.67 bits per heavy atom. The number of hydrogen-bond acceptors (Lipinski definition) is 8. The van der Waals surface area contributed by atoms with Gasteiger partial charge in [0.15, 0.2) is 0 Å². The number of aryl methyl sites for hydroxylation is 1. The molecule has 10 heteroatoms. The third kappa shape index (κ3) is 4.24. The first-order chi connectivity index (χ1) is 17.3. The molecule has 186 valence electrons. The Bertz CT molecular complexity index is 1470. The normalized spacial score (nSPS) is 20.2. The summed E-state index contributed by atoms with van der Waals surface area (Å²) in [5, 5.41) is 9.22. The molecule has 1 fully saturated rings. The van der Waals surface area contributed by atoms with Gasteiger partial charge in [-0.15, -0.1) is 0 Å². The maximum atomic E-state index is 13.5. The van der Waals surface area contributed by atoms with E-state index in [1.807, 2.05) is 12.1 Å². The Balaban J connectivity index is 1.57. The lowest BCUT2D eigenvalue weighted by atomic mass is 10.0. The van der Waals surface area contributed by atoms with E-state index < -0.39 is 10.0 Å². The number of methoxy groups -OCH3 is 2. The molecule has 2 aliphatic carbocycles. The number of fused-ring (bicyclic) bond motifs is 1. The molecule has 1 aliphatic heterocycles. The monoisotopic (exact) mass is 505 g/mol. The van der Waals surface area contributed by atoms with Crippen LogP contribution in [0.25, 0.3) is 11.3 Å². The van der Waals surface area contributed by atoms with Crippen LogP contribution in [0.2, 0.25) is 0 Å². The molecule has 0 bridgehead atoms. The number of benzene rings is 1. The van der Waals surface area contributed by atoms with Gasteiger partial charge in [0.25, 0.3) is 10.0 Å². The number of hydrogen-bond donors (Lipinski definition) is 0. The molecule has 0 unspecified atom stereocenters. The second-order valence-corrected chi connectivity index (χ2v) is 10.6. The molecule has 1 atom stereocenters. The number of anilines is 1. The number of nitrogens with zero attached hydrogens (tertiary/aromatic N) is 5. The Labute approximate surface area is 210 Å². The van der Waals surface area contributed by atoms with E-state index in [1.165, 1.54) is 26.4 Å². The Morgan fingerprint density at radius 1 is 1.17 bits per heavy atom.